The lowest BCUT2D eigenvalue weighted by molar-refractivity contribution is 0.176. The quantitative estimate of drug-likeness (QED) is 0.763. The number of methoxy groups -OCH3 is 1. The molecule has 1 aromatic rings. The molecule has 0 fully saturated rings. The molecule has 0 saturated heterocycles. The number of hydrogen-bond donors (Lipinski definition) is 2. The van der Waals surface area contributed by atoms with Gasteiger partial charge >= 0.3 is 6.09 Å². The van der Waals surface area contributed by atoms with Gasteiger partial charge in [-0.3, -0.25) is 10.3 Å². The van der Waals surface area contributed by atoms with E-state index in [4.69, 9.17) is 0 Å². The van der Waals surface area contributed by atoms with Crippen molar-refractivity contribution in [3.05, 3.63) is 35.9 Å². The Morgan fingerprint density at radius 2 is 2.24 bits per heavy atom. The van der Waals surface area contributed by atoms with Crippen molar-refractivity contribution in [1.29, 1.82) is 0 Å². The van der Waals surface area contributed by atoms with Crippen molar-refractivity contribution < 1.29 is 9.53 Å². The van der Waals surface area contributed by atoms with Gasteiger partial charge in [0.15, 0.2) is 0 Å². The number of hydrogen-bond acceptors (Lipinski definition) is 4. The minimum Gasteiger partial charge on any atom is -0.453 e. The van der Waals surface area contributed by atoms with Gasteiger partial charge in [-0.2, -0.15) is 0 Å². The maximum atomic E-state index is 11.0. The molecule has 90 valence electrons. The molecule has 5 nitrogen and oxygen atoms in total. The Balaban J connectivity index is 1.95. The van der Waals surface area contributed by atoms with E-state index >= 15 is 0 Å². The summed E-state index contributed by atoms with van der Waals surface area (Å²) in [6.45, 7) is 1.42. The second-order valence-corrected chi connectivity index (χ2v) is 3.79. The summed E-state index contributed by atoms with van der Waals surface area (Å²) in [7, 11) is 1.32. The third kappa shape index (κ3) is 2.96. The zero-order valence-electron chi connectivity index (χ0n) is 9.64. The maximum absolute atomic E-state index is 11.0. The highest BCUT2D eigenvalue weighted by Gasteiger charge is 2.17. The van der Waals surface area contributed by atoms with Crippen LogP contribution in [0.4, 0.5) is 4.79 Å². The number of alkyl carbamates (subject to hydrolysis) is 1. The zero-order chi connectivity index (χ0) is 12.1. The summed E-state index contributed by atoms with van der Waals surface area (Å²) in [4.78, 5) is 15.2. The molecule has 0 radical (unpaired) electrons. The number of amides is 1. The molecule has 17 heavy (non-hydrogen) atoms. The molecule has 0 saturated carbocycles. The lowest BCUT2D eigenvalue weighted by Gasteiger charge is -2.23. The molecule has 0 bridgehead atoms. The van der Waals surface area contributed by atoms with Crippen LogP contribution in [0.15, 0.2) is 35.3 Å². The number of carbonyl (C=O) groups is 1. The van der Waals surface area contributed by atoms with E-state index in [9.17, 15) is 4.79 Å². The summed E-state index contributed by atoms with van der Waals surface area (Å²) < 4.78 is 4.49. The standard InChI is InChI=1S/C12H15N3O2/c1-17-12(16)15-11-13-7-10(8-14-11)9-5-3-2-4-6-9/h2-6,10H,7-8H2,1H3,(H2,13,14,15,16). The average Bonchev–Trinajstić information content (AvgIpc) is 2.40. The summed E-state index contributed by atoms with van der Waals surface area (Å²) in [5.41, 5.74) is 1.25. The van der Waals surface area contributed by atoms with Crippen molar-refractivity contribution in [1.82, 2.24) is 10.6 Å². The summed E-state index contributed by atoms with van der Waals surface area (Å²) in [6, 6.07) is 10.2. The van der Waals surface area contributed by atoms with Gasteiger partial charge in [0.1, 0.15) is 0 Å². The molecular weight excluding hydrogens is 218 g/mol. The molecule has 1 atom stereocenters. The van der Waals surface area contributed by atoms with Gasteiger partial charge in [0.05, 0.1) is 13.7 Å². The summed E-state index contributed by atoms with van der Waals surface area (Å²) in [5.74, 6) is 0.823. The van der Waals surface area contributed by atoms with Crippen LogP contribution in [-0.4, -0.2) is 32.3 Å². The number of carbonyl (C=O) groups excluding carboxylic acids is 1. The second kappa shape index (κ2) is 5.34. The molecule has 0 aliphatic carbocycles. The Morgan fingerprint density at radius 1 is 1.47 bits per heavy atom. The van der Waals surface area contributed by atoms with Crippen LogP contribution in [0.2, 0.25) is 0 Å². The van der Waals surface area contributed by atoms with Crippen LogP contribution in [0, 0.1) is 0 Å². The fraction of sp³-hybridized carbons (Fsp3) is 0.333. The van der Waals surface area contributed by atoms with Crippen LogP contribution in [0.5, 0.6) is 0 Å². The molecule has 1 aliphatic rings. The van der Waals surface area contributed by atoms with E-state index in [2.05, 4.69) is 32.5 Å². The number of aliphatic imine (C=N–C) groups is 1. The van der Waals surface area contributed by atoms with Gasteiger partial charge in [-0.05, 0) is 5.56 Å². The van der Waals surface area contributed by atoms with Crippen molar-refractivity contribution in [2.45, 2.75) is 5.92 Å². The Kier molecular flexibility index (Phi) is 3.59. The van der Waals surface area contributed by atoms with Crippen LogP contribution < -0.4 is 10.6 Å². The van der Waals surface area contributed by atoms with Gasteiger partial charge in [0.25, 0.3) is 0 Å². The van der Waals surface area contributed by atoms with E-state index in [1.165, 1.54) is 12.7 Å². The summed E-state index contributed by atoms with van der Waals surface area (Å²) in [6.07, 6.45) is -0.505. The normalized spacial score (nSPS) is 18.9. The van der Waals surface area contributed by atoms with Crippen molar-refractivity contribution in [2.24, 2.45) is 4.99 Å². The zero-order valence-corrected chi connectivity index (χ0v) is 9.64. The van der Waals surface area contributed by atoms with Crippen molar-refractivity contribution in [3.8, 4) is 0 Å². The van der Waals surface area contributed by atoms with E-state index in [1.54, 1.807) is 0 Å². The molecule has 2 rings (SSSR count). The first-order valence-corrected chi connectivity index (χ1v) is 5.48. The number of guanidine groups is 1. The summed E-state index contributed by atoms with van der Waals surface area (Å²) in [5, 5.41) is 5.59. The maximum Gasteiger partial charge on any atom is 0.413 e. The topological polar surface area (TPSA) is 62.7 Å². The molecule has 0 aromatic heterocycles. The van der Waals surface area contributed by atoms with Crippen molar-refractivity contribution in [3.63, 3.8) is 0 Å². The fourth-order valence-electron chi connectivity index (χ4n) is 1.72. The second-order valence-electron chi connectivity index (χ2n) is 3.79. The monoisotopic (exact) mass is 233 g/mol. The molecule has 2 N–H and O–H groups in total. The predicted octanol–water partition coefficient (Wildman–Crippen LogP) is 1.09. The first kappa shape index (κ1) is 11.4. The molecule has 5 heteroatoms. The van der Waals surface area contributed by atoms with E-state index in [0.717, 1.165) is 6.54 Å². The highest BCUT2D eigenvalue weighted by molar-refractivity contribution is 5.94. The first-order chi connectivity index (χ1) is 8.29. The van der Waals surface area contributed by atoms with Crippen LogP contribution in [0.25, 0.3) is 0 Å². The third-order valence-corrected chi connectivity index (χ3v) is 2.66. The van der Waals surface area contributed by atoms with E-state index in [-0.39, 0.29) is 0 Å². The summed E-state index contributed by atoms with van der Waals surface area (Å²) >= 11 is 0. The highest BCUT2D eigenvalue weighted by Crippen LogP contribution is 2.16. The van der Waals surface area contributed by atoms with Gasteiger partial charge < -0.3 is 10.1 Å². The number of nitrogens with one attached hydrogen (secondary N) is 2. The molecule has 1 heterocycles. The van der Waals surface area contributed by atoms with Gasteiger partial charge in [0, 0.05) is 12.5 Å². The largest absolute Gasteiger partial charge is 0.453 e. The van der Waals surface area contributed by atoms with Gasteiger partial charge in [-0.25, -0.2) is 4.79 Å². The van der Waals surface area contributed by atoms with Crippen LogP contribution >= 0.6 is 0 Å². The Bertz CT molecular complexity index is 417. The SMILES string of the molecule is COC(=O)NC1=NCC(c2ccccc2)CN1. The molecule has 0 spiro atoms. The first-order valence-electron chi connectivity index (χ1n) is 5.48. The van der Waals surface area contributed by atoms with Crippen LogP contribution in [0.3, 0.4) is 0 Å². The Labute approximate surface area is 99.9 Å². The lowest BCUT2D eigenvalue weighted by atomic mass is 9.98. The molecule has 1 amide bonds. The van der Waals surface area contributed by atoms with Crippen LogP contribution in [-0.2, 0) is 4.74 Å². The molecule has 1 unspecified atom stereocenters. The Morgan fingerprint density at radius 3 is 2.82 bits per heavy atom. The molecular formula is C12H15N3O2. The number of rotatable bonds is 1. The minimum atomic E-state index is -0.505. The van der Waals surface area contributed by atoms with E-state index in [0.29, 0.717) is 18.4 Å². The number of benzene rings is 1. The van der Waals surface area contributed by atoms with E-state index < -0.39 is 6.09 Å². The smallest absolute Gasteiger partial charge is 0.413 e. The molecule has 1 aliphatic heterocycles. The van der Waals surface area contributed by atoms with Crippen molar-refractivity contribution in [2.75, 3.05) is 20.2 Å². The number of ether oxygens (including phenoxy) is 1. The lowest BCUT2D eigenvalue weighted by Crippen LogP contribution is -2.45. The predicted molar refractivity (Wildman–Crippen MR) is 65.0 cm³/mol. The fourth-order valence-corrected chi connectivity index (χ4v) is 1.72. The van der Waals surface area contributed by atoms with Gasteiger partial charge in [-0.15, -0.1) is 0 Å². The van der Waals surface area contributed by atoms with Crippen molar-refractivity contribution >= 4 is 12.1 Å². The Hall–Kier alpha value is -2.04. The third-order valence-electron chi connectivity index (χ3n) is 2.66. The van der Waals surface area contributed by atoms with Gasteiger partial charge in [0.2, 0.25) is 5.96 Å². The van der Waals surface area contributed by atoms with Gasteiger partial charge in [-0.1, -0.05) is 30.3 Å². The molecule has 1 aromatic carbocycles. The minimum absolute atomic E-state index is 0.347. The highest BCUT2D eigenvalue weighted by atomic mass is 16.5. The van der Waals surface area contributed by atoms with E-state index in [1.807, 2.05) is 18.2 Å². The average molecular weight is 233 g/mol. The number of nitrogens with zero attached hydrogens (tertiary/aromatic N) is 1. The van der Waals surface area contributed by atoms with Crippen LogP contribution in [0.1, 0.15) is 11.5 Å².